The molecule has 0 radical (unpaired) electrons. The Morgan fingerprint density at radius 2 is 2.24 bits per heavy atom. The standard InChI is InChI=1S/C14H12N2O4S/c1-2-19-13(18)7-3-4-10-8(5-7)6-9-11(17)15-14(21)16-12(9)20-10/h3-5H,2,6H2,1H3,(H2,15,16,17,21). The maximum atomic E-state index is 11.9. The van der Waals surface area contributed by atoms with E-state index in [4.69, 9.17) is 21.7 Å². The quantitative estimate of drug-likeness (QED) is 0.560. The number of H-pyrrole nitrogens is 2. The second kappa shape index (κ2) is 5.17. The van der Waals surface area contributed by atoms with Crippen LogP contribution in [0.3, 0.4) is 0 Å². The molecule has 108 valence electrons. The summed E-state index contributed by atoms with van der Waals surface area (Å²) in [6.07, 6.45) is 0.360. The molecule has 0 spiro atoms. The number of carbonyl (C=O) groups excluding carboxylic acids is 1. The van der Waals surface area contributed by atoms with Gasteiger partial charge in [0.2, 0.25) is 5.88 Å². The second-order valence-corrected chi connectivity index (χ2v) is 4.95. The van der Waals surface area contributed by atoms with Crippen molar-refractivity contribution in [2.75, 3.05) is 6.61 Å². The summed E-state index contributed by atoms with van der Waals surface area (Å²) in [5, 5.41) is 0. The van der Waals surface area contributed by atoms with Gasteiger partial charge in [0.25, 0.3) is 5.56 Å². The van der Waals surface area contributed by atoms with Crippen molar-refractivity contribution in [3.63, 3.8) is 0 Å². The Bertz CT molecular complexity index is 838. The van der Waals surface area contributed by atoms with Gasteiger partial charge in [-0.15, -0.1) is 0 Å². The monoisotopic (exact) mass is 304 g/mol. The van der Waals surface area contributed by atoms with Crippen molar-refractivity contribution in [1.29, 1.82) is 0 Å². The fourth-order valence-corrected chi connectivity index (χ4v) is 2.38. The van der Waals surface area contributed by atoms with Crippen molar-refractivity contribution in [3.8, 4) is 11.6 Å². The van der Waals surface area contributed by atoms with Crippen molar-refractivity contribution in [2.45, 2.75) is 13.3 Å². The smallest absolute Gasteiger partial charge is 0.338 e. The molecule has 0 unspecified atom stereocenters. The molecule has 21 heavy (non-hydrogen) atoms. The average Bonchev–Trinajstić information content (AvgIpc) is 2.45. The highest BCUT2D eigenvalue weighted by molar-refractivity contribution is 7.71. The Balaban J connectivity index is 2.02. The number of esters is 1. The highest BCUT2D eigenvalue weighted by Crippen LogP contribution is 2.33. The maximum Gasteiger partial charge on any atom is 0.338 e. The number of nitrogens with one attached hydrogen (secondary N) is 2. The molecular formula is C14H12N2O4S. The lowest BCUT2D eigenvalue weighted by Crippen LogP contribution is -2.19. The van der Waals surface area contributed by atoms with Gasteiger partial charge in [-0.2, -0.15) is 0 Å². The zero-order valence-corrected chi connectivity index (χ0v) is 12.0. The Morgan fingerprint density at radius 1 is 1.43 bits per heavy atom. The van der Waals surface area contributed by atoms with E-state index in [1.54, 1.807) is 25.1 Å². The first-order chi connectivity index (χ1) is 10.1. The van der Waals surface area contributed by atoms with Gasteiger partial charge < -0.3 is 14.5 Å². The minimum atomic E-state index is -0.396. The molecule has 2 N–H and O–H groups in total. The van der Waals surface area contributed by atoms with Crippen molar-refractivity contribution < 1.29 is 14.3 Å². The van der Waals surface area contributed by atoms with Crippen LogP contribution in [0.25, 0.3) is 0 Å². The van der Waals surface area contributed by atoms with Gasteiger partial charge in [-0.1, -0.05) is 0 Å². The van der Waals surface area contributed by atoms with E-state index in [1.165, 1.54) is 0 Å². The predicted molar refractivity (Wildman–Crippen MR) is 77.5 cm³/mol. The number of ether oxygens (including phenoxy) is 2. The Hall–Kier alpha value is -2.41. The fraction of sp³-hybridized carbons (Fsp3) is 0.214. The normalized spacial score (nSPS) is 12.0. The van der Waals surface area contributed by atoms with Crippen molar-refractivity contribution in [3.05, 3.63) is 50.0 Å². The first-order valence-electron chi connectivity index (χ1n) is 6.42. The van der Waals surface area contributed by atoms with E-state index in [1.807, 2.05) is 0 Å². The number of rotatable bonds is 2. The van der Waals surface area contributed by atoms with Crippen molar-refractivity contribution >= 4 is 18.2 Å². The number of aromatic amines is 2. The summed E-state index contributed by atoms with van der Waals surface area (Å²) in [7, 11) is 0. The molecule has 0 aliphatic carbocycles. The van der Waals surface area contributed by atoms with Crippen LogP contribution in [0.2, 0.25) is 0 Å². The van der Waals surface area contributed by atoms with Crippen molar-refractivity contribution in [1.82, 2.24) is 9.97 Å². The first kappa shape index (κ1) is 13.6. The lowest BCUT2D eigenvalue weighted by atomic mass is 10.0. The minimum Gasteiger partial charge on any atom is -0.462 e. The number of hydrogen-bond donors (Lipinski definition) is 2. The van der Waals surface area contributed by atoms with Crippen LogP contribution in [-0.2, 0) is 11.2 Å². The second-order valence-electron chi connectivity index (χ2n) is 4.54. The number of aromatic nitrogens is 2. The summed E-state index contributed by atoms with van der Waals surface area (Å²) in [6.45, 7) is 2.06. The molecule has 3 rings (SSSR count). The van der Waals surface area contributed by atoms with Gasteiger partial charge in [0, 0.05) is 12.0 Å². The molecule has 7 heteroatoms. The molecule has 1 aromatic heterocycles. The van der Waals surface area contributed by atoms with Crippen LogP contribution in [0, 0.1) is 4.77 Å². The highest BCUT2D eigenvalue weighted by atomic mass is 32.1. The predicted octanol–water partition coefficient (Wildman–Crippen LogP) is 2.31. The SMILES string of the molecule is CCOC(=O)c1ccc2c(c1)Cc1c([nH]c(=S)[nH]c1=O)O2. The molecule has 0 amide bonds. The van der Waals surface area contributed by atoms with Gasteiger partial charge in [-0.05, 0) is 37.3 Å². The van der Waals surface area contributed by atoms with E-state index < -0.39 is 5.97 Å². The third-order valence-corrected chi connectivity index (χ3v) is 3.36. The van der Waals surface area contributed by atoms with E-state index in [9.17, 15) is 9.59 Å². The summed E-state index contributed by atoms with van der Waals surface area (Å²) in [4.78, 5) is 29.0. The molecule has 0 atom stereocenters. The number of fused-ring (bicyclic) bond motifs is 2. The lowest BCUT2D eigenvalue weighted by Gasteiger charge is -2.19. The summed E-state index contributed by atoms with van der Waals surface area (Å²) in [5.74, 6) is 0.541. The lowest BCUT2D eigenvalue weighted by molar-refractivity contribution is 0.0526. The zero-order valence-electron chi connectivity index (χ0n) is 11.2. The van der Waals surface area contributed by atoms with Crippen LogP contribution in [0.15, 0.2) is 23.0 Å². The van der Waals surface area contributed by atoms with Gasteiger partial charge in [-0.3, -0.25) is 9.78 Å². The Morgan fingerprint density at radius 3 is 3.00 bits per heavy atom. The van der Waals surface area contributed by atoms with Crippen molar-refractivity contribution in [2.24, 2.45) is 0 Å². The van der Waals surface area contributed by atoms with E-state index in [0.29, 0.717) is 35.8 Å². The molecule has 2 heterocycles. The molecule has 1 aromatic carbocycles. The van der Waals surface area contributed by atoms with Crippen LogP contribution >= 0.6 is 12.2 Å². The Labute approximate surface area is 124 Å². The summed E-state index contributed by atoms with van der Waals surface area (Å²) in [6, 6.07) is 4.99. The molecule has 2 aromatic rings. The first-order valence-corrected chi connectivity index (χ1v) is 6.82. The Kier molecular flexibility index (Phi) is 3.34. The van der Waals surface area contributed by atoms with Crippen LogP contribution < -0.4 is 10.3 Å². The molecule has 0 saturated heterocycles. The summed E-state index contributed by atoms with van der Waals surface area (Å²) >= 11 is 4.92. The largest absolute Gasteiger partial charge is 0.462 e. The van der Waals surface area contributed by atoms with Crippen LogP contribution in [-0.4, -0.2) is 22.5 Å². The zero-order chi connectivity index (χ0) is 15.0. The number of carbonyl (C=O) groups is 1. The number of benzene rings is 1. The van der Waals surface area contributed by atoms with Gasteiger partial charge in [0.15, 0.2) is 4.77 Å². The molecule has 6 nitrogen and oxygen atoms in total. The van der Waals surface area contributed by atoms with Gasteiger partial charge in [0.05, 0.1) is 17.7 Å². The topological polar surface area (TPSA) is 84.2 Å². The number of hydrogen-bond acceptors (Lipinski definition) is 5. The van der Waals surface area contributed by atoms with E-state index in [-0.39, 0.29) is 10.3 Å². The summed E-state index contributed by atoms with van der Waals surface area (Å²) in [5.41, 5.74) is 1.35. The third-order valence-electron chi connectivity index (χ3n) is 3.15. The molecule has 0 bridgehead atoms. The van der Waals surface area contributed by atoms with E-state index in [2.05, 4.69) is 9.97 Å². The highest BCUT2D eigenvalue weighted by Gasteiger charge is 2.22. The van der Waals surface area contributed by atoms with Gasteiger partial charge in [-0.25, -0.2) is 4.79 Å². The fourth-order valence-electron chi connectivity index (χ4n) is 2.20. The average molecular weight is 304 g/mol. The minimum absolute atomic E-state index is 0.213. The van der Waals surface area contributed by atoms with Gasteiger partial charge in [0.1, 0.15) is 5.75 Å². The van der Waals surface area contributed by atoms with Crippen LogP contribution in [0.1, 0.15) is 28.4 Å². The third kappa shape index (κ3) is 2.47. The molecule has 0 saturated carbocycles. The maximum absolute atomic E-state index is 11.9. The van der Waals surface area contributed by atoms with Gasteiger partial charge >= 0.3 is 5.97 Å². The molecule has 1 aliphatic rings. The molecule has 0 fully saturated rings. The van der Waals surface area contributed by atoms with E-state index >= 15 is 0 Å². The van der Waals surface area contributed by atoms with Crippen LogP contribution in [0.4, 0.5) is 0 Å². The summed E-state index contributed by atoms with van der Waals surface area (Å²) < 4.78 is 10.8. The molecule has 1 aliphatic heterocycles. The molecular weight excluding hydrogens is 292 g/mol. The van der Waals surface area contributed by atoms with E-state index in [0.717, 1.165) is 5.56 Å². The van der Waals surface area contributed by atoms with Crippen LogP contribution in [0.5, 0.6) is 11.6 Å².